The smallest absolute Gasteiger partial charge is 0.349 e. The van der Waals surface area contributed by atoms with Crippen molar-refractivity contribution in [2.45, 2.75) is 33.8 Å². The molecule has 0 saturated heterocycles. The van der Waals surface area contributed by atoms with Gasteiger partial charge in [0.25, 0.3) is 0 Å². The van der Waals surface area contributed by atoms with Gasteiger partial charge in [0.05, 0.1) is 0 Å². The van der Waals surface area contributed by atoms with Crippen molar-refractivity contribution in [2.24, 2.45) is 5.92 Å². The van der Waals surface area contributed by atoms with Gasteiger partial charge in [-0.1, -0.05) is 19.0 Å². The van der Waals surface area contributed by atoms with Crippen LogP contribution in [0.4, 0.5) is 0 Å². The monoisotopic (exact) mass is 296 g/mol. The van der Waals surface area contributed by atoms with Crippen molar-refractivity contribution in [2.75, 3.05) is 0 Å². The minimum Gasteiger partial charge on any atom is -0.484 e. The zero-order valence-corrected chi connectivity index (χ0v) is 12.4. The van der Waals surface area contributed by atoms with Gasteiger partial charge >= 0.3 is 5.97 Å². The highest BCUT2D eigenvalue weighted by Gasteiger charge is 2.16. The first-order chi connectivity index (χ1) is 9.45. The summed E-state index contributed by atoms with van der Waals surface area (Å²) in [6, 6.07) is 1.70. The molecule has 2 heterocycles. The lowest BCUT2D eigenvalue weighted by Gasteiger charge is -2.01. The number of ether oxygens (including phenoxy) is 1. The fourth-order valence-corrected chi connectivity index (χ4v) is 2.46. The van der Waals surface area contributed by atoms with Gasteiger partial charge in [-0.3, -0.25) is 0 Å². The number of hydrogen-bond acceptors (Lipinski definition) is 6. The topological polar surface area (TPSA) is 85.5 Å². The van der Waals surface area contributed by atoms with E-state index in [1.165, 1.54) is 11.3 Å². The highest BCUT2D eigenvalue weighted by molar-refractivity contribution is 7.14. The zero-order chi connectivity index (χ0) is 14.7. The van der Waals surface area contributed by atoms with Gasteiger partial charge in [0.2, 0.25) is 11.7 Å². The maximum absolute atomic E-state index is 11.1. The van der Waals surface area contributed by atoms with Gasteiger partial charge in [-0.2, -0.15) is 4.98 Å². The van der Waals surface area contributed by atoms with Gasteiger partial charge in [-0.15, -0.1) is 11.3 Å². The van der Waals surface area contributed by atoms with Crippen LogP contribution in [-0.2, 0) is 13.0 Å². The van der Waals surface area contributed by atoms with Gasteiger partial charge in [0, 0.05) is 11.3 Å². The molecule has 0 atom stereocenters. The number of thiophene rings is 1. The molecule has 0 aliphatic heterocycles. The van der Waals surface area contributed by atoms with Crippen molar-refractivity contribution in [3.8, 4) is 5.75 Å². The molecular weight excluding hydrogens is 280 g/mol. The number of aryl methyl sites for hydroxylation is 1. The van der Waals surface area contributed by atoms with Crippen LogP contribution in [0, 0.1) is 12.8 Å². The Morgan fingerprint density at radius 1 is 1.55 bits per heavy atom. The van der Waals surface area contributed by atoms with E-state index < -0.39 is 5.97 Å². The Morgan fingerprint density at radius 2 is 2.30 bits per heavy atom. The molecule has 7 heteroatoms. The SMILES string of the molecule is Cc1cc(OCc2noc(CC(C)C)n2)c(C(=O)O)s1. The average Bonchev–Trinajstić information content (AvgIpc) is 2.92. The molecule has 0 bridgehead atoms. The molecular formula is C13H16N2O4S. The van der Waals surface area contributed by atoms with E-state index in [0.29, 0.717) is 29.8 Å². The number of carboxylic acids is 1. The fraction of sp³-hybridized carbons (Fsp3) is 0.462. The van der Waals surface area contributed by atoms with Crippen LogP contribution in [0.3, 0.4) is 0 Å². The molecule has 108 valence electrons. The van der Waals surface area contributed by atoms with E-state index in [-0.39, 0.29) is 11.5 Å². The first kappa shape index (κ1) is 14.5. The number of nitrogens with zero attached hydrogens (tertiary/aromatic N) is 2. The number of aromatic nitrogens is 2. The summed E-state index contributed by atoms with van der Waals surface area (Å²) in [6.45, 7) is 6.05. The number of carboxylic acid groups (broad SMARTS) is 1. The Morgan fingerprint density at radius 3 is 2.95 bits per heavy atom. The van der Waals surface area contributed by atoms with Crippen LogP contribution >= 0.6 is 11.3 Å². The number of aromatic carboxylic acids is 1. The Bertz CT molecular complexity index is 603. The minimum absolute atomic E-state index is 0.0953. The predicted octanol–water partition coefficient (Wildman–Crippen LogP) is 2.92. The van der Waals surface area contributed by atoms with E-state index in [0.717, 1.165) is 4.88 Å². The van der Waals surface area contributed by atoms with E-state index in [9.17, 15) is 4.79 Å². The standard InChI is InChI=1S/C13H16N2O4S/c1-7(2)4-11-14-10(15-19-11)6-18-9-5-8(3)20-12(9)13(16)17/h5,7H,4,6H2,1-3H3,(H,16,17). The van der Waals surface area contributed by atoms with Gasteiger partial charge in [0.15, 0.2) is 11.5 Å². The van der Waals surface area contributed by atoms with E-state index in [4.69, 9.17) is 14.4 Å². The van der Waals surface area contributed by atoms with Gasteiger partial charge < -0.3 is 14.4 Å². The molecule has 0 spiro atoms. The summed E-state index contributed by atoms with van der Waals surface area (Å²) in [7, 11) is 0. The molecule has 2 rings (SSSR count). The van der Waals surface area contributed by atoms with Crippen LogP contribution in [0.5, 0.6) is 5.75 Å². The Labute approximate surface area is 120 Å². The van der Waals surface area contributed by atoms with Crippen molar-refractivity contribution >= 4 is 17.3 Å². The second-order valence-corrected chi connectivity index (χ2v) is 6.10. The first-order valence-corrected chi connectivity index (χ1v) is 7.05. The Kier molecular flexibility index (Phi) is 4.39. The quantitative estimate of drug-likeness (QED) is 0.882. The largest absolute Gasteiger partial charge is 0.484 e. The van der Waals surface area contributed by atoms with Crippen molar-refractivity contribution in [1.29, 1.82) is 0 Å². The predicted molar refractivity (Wildman–Crippen MR) is 73.2 cm³/mol. The normalized spacial score (nSPS) is 11.0. The second kappa shape index (κ2) is 6.04. The zero-order valence-electron chi connectivity index (χ0n) is 11.5. The van der Waals surface area contributed by atoms with E-state index >= 15 is 0 Å². The van der Waals surface area contributed by atoms with Gasteiger partial charge in [-0.25, -0.2) is 4.79 Å². The molecule has 0 saturated carbocycles. The molecule has 0 amide bonds. The van der Waals surface area contributed by atoms with E-state index in [2.05, 4.69) is 24.0 Å². The lowest BCUT2D eigenvalue weighted by Crippen LogP contribution is -2.02. The Balaban J connectivity index is 2.02. The second-order valence-electron chi connectivity index (χ2n) is 4.85. The third-order valence-corrected chi connectivity index (χ3v) is 3.48. The molecule has 0 aromatic carbocycles. The van der Waals surface area contributed by atoms with E-state index in [1.807, 2.05) is 6.92 Å². The summed E-state index contributed by atoms with van der Waals surface area (Å²) < 4.78 is 10.6. The van der Waals surface area contributed by atoms with Crippen LogP contribution in [0.2, 0.25) is 0 Å². The molecule has 0 aliphatic carbocycles. The number of rotatable bonds is 6. The summed E-state index contributed by atoms with van der Waals surface area (Å²) in [5, 5.41) is 12.9. The van der Waals surface area contributed by atoms with Crippen LogP contribution < -0.4 is 4.74 Å². The van der Waals surface area contributed by atoms with Crippen LogP contribution in [0.15, 0.2) is 10.6 Å². The summed E-state index contributed by atoms with van der Waals surface area (Å²) in [5.74, 6) is 0.767. The lowest BCUT2D eigenvalue weighted by molar-refractivity contribution is 0.0697. The summed E-state index contributed by atoms with van der Waals surface area (Å²) in [6.07, 6.45) is 0.713. The minimum atomic E-state index is -0.994. The van der Waals surface area contributed by atoms with E-state index in [1.54, 1.807) is 6.07 Å². The van der Waals surface area contributed by atoms with Crippen molar-refractivity contribution in [3.63, 3.8) is 0 Å². The molecule has 6 nitrogen and oxygen atoms in total. The summed E-state index contributed by atoms with van der Waals surface area (Å²) >= 11 is 1.18. The molecule has 20 heavy (non-hydrogen) atoms. The molecule has 0 aliphatic rings. The fourth-order valence-electron chi connectivity index (χ4n) is 1.67. The summed E-state index contributed by atoms with van der Waals surface area (Å²) in [4.78, 5) is 16.3. The van der Waals surface area contributed by atoms with Crippen molar-refractivity contribution < 1.29 is 19.2 Å². The molecule has 2 aromatic heterocycles. The third-order valence-electron chi connectivity index (χ3n) is 2.47. The van der Waals surface area contributed by atoms with Crippen LogP contribution in [0.25, 0.3) is 0 Å². The molecule has 1 N–H and O–H groups in total. The third kappa shape index (κ3) is 3.57. The summed E-state index contributed by atoms with van der Waals surface area (Å²) in [5.41, 5.74) is 0. The number of hydrogen-bond donors (Lipinski definition) is 1. The average molecular weight is 296 g/mol. The van der Waals surface area contributed by atoms with Gasteiger partial charge in [0.1, 0.15) is 5.75 Å². The maximum atomic E-state index is 11.1. The molecule has 0 fully saturated rings. The van der Waals surface area contributed by atoms with Crippen LogP contribution in [0.1, 0.15) is 40.1 Å². The number of carbonyl (C=O) groups is 1. The first-order valence-electron chi connectivity index (χ1n) is 6.23. The van der Waals surface area contributed by atoms with Crippen LogP contribution in [-0.4, -0.2) is 21.2 Å². The van der Waals surface area contributed by atoms with Crippen molar-refractivity contribution in [3.05, 3.63) is 27.5 Å². The Hall–Kier alpha value is -1.89. The molecule has 0 unspecified atom stereocenters. The van der Waals surface area contributed by atoms with Gasteiger partial charge in [-0.05, 0) is 18.9 Å². The highest BCUT2D eigenvalue weighted by Crippen LogP contribution is 2.29. The lowest BCUT2D eigenvalue weighted by atomic mass is 10.1. The highest BCUT2D eigenvalue weighted by atomic mass is 32.1. The maximum Gasteiger partial charge on any atom is 0.349 e. The molecule has 0 radical (unpaired) electrons. The molecule has 2 aromatic rings. The van der Waals surface area contributed by atoms with Crippen molar-refractivity contribution in [1.82, 2.24) is 10.1 Å².